The normalized spacial score (nSPS) is 10.9. The van der Waals surface area contributed by atoms with E-state index in [4.69, 9.17) is 11.6 Å². The maximum Gasteiger partial charge on any atom is 0.224 e. The molecule has 1 N–H and O–H groups in total. The van der Waals surface area contributed by atoms with Crippen molar-refractivity contribution in [3.8, 4) is 11.3 Å². The predicted octanol–water partition coefficient (Wildman–Crippen LogP) is 5.53. The molecule has 1 amide bonds. The number of aryl methyl sites for hydroxylation is 2. The molecule has 0 aliphatic rings. The van der Waals surface area contributed by atoms with Crippen LogP contribution in [-0.4, -0.2) is 15.3 Å². The second-order valence-electron chi connectivity index (χ2n) is 6.80. The fraction of sp³-hybridized carbons (Fsp3) is 0.130. The van der Waals surface area contributed by atoms with Crippen LogP contribution in [0.1, 0.15) is 17.5 Å². The van der Waals surface area contributed by atoms with Crippen LogP contribution in [0.4, 0.5) is 5.69 Å². The number of carbonyl (C=O) groups excluding carboxylic acids is 1. The fourth-order valence-electron chi connectivity index (χ4n) is 3.15. The van der Waals surface area contributed by atoms with Crippen molar-refractivity contribution < 1.29 is 4.79 Å². The van der Waals surface area contributed by atoms with Gasteiger partial charge in [0.15, 0.2) is 0 Å². The maximum absolute atomic E-state index is 12.4. The number of nitrogens with one attached hydrogen (secondary N) is 1. The van der Waals surface area contributed by atoms with Crippen LogP contribution in [0.15, 0.2) is 73.1 Å². The van der Waals surface area contributed by atoms with E-state index in [2.05, 4.69) is 10.3 Å². The fourth-order valence-corrected chi connectivity index (χ4v) is 3.37. The monoisotopic (exact) mass is 389 g/mol. The molecule has 2 aromatic carbocycles. The molecule has 0 spiro atoms. The second kappa shape index (κ2) is 7.87. The molecule has 28 heavy (non-hydrogen) atoms. The third-order valence-electron chi connectivity index (χ3n) is 4.70. The van der Waals surface area contributed by atoms with Gasteiger partial charge < -0.3 is 9.72 Å². The topological polar surface area (TPSA) is 46.4 Å². The Morgan fingerprint density at radius 3 is 2.82 bits per heavy atom. The molecule has 2 heterocycles. The Hall–Kier alpha value is -3.11. The number of fused-ring (bicyclic) bond motifs is 1. The molecule has 4 nitrogen and oxygen atoms in total. The number of rotatable bonds is 5. The van der Waals surface area contributed by atoms with E-state index in [9.17, 15) is 4.79 Å². The van der Waals surface area contributed by atoms with Gasteiger partial charge in [0.1, 0.15) is 5.65 Å². The zero-order valence-corrected chi connectivity index (χ0v) is 16.3. The summed E-state index contributed by atoms with van der Waals surface area (Å²) in [6, 6.07) is 19.5. The van der Waals surface area contributed by atoms with E-state index >= 15 is 0 Å². The van der Waals surface area contributed by atoms with E-state index in [0.29, 0.717) is 17.9 Å². The number of hydrogen-bond acceptors (Lipinski definition) is 2. The smallest absolute Gasteiger partial charge is 0.224 e. The lowest BCUT2D eigenvalue weighted by Gasteiger charge is -2.10. The molecule has 5 heteroatoms. The third-order valence-corrected chi connectivity index (χ3v) is 4.94. The highest BCUT2D eigenvalue weighted by Crippen LogP contribution is 2.25. The summed E-state index contributed by atoms with van der Waals surface area (Å²) in [6.45, 7) is 1.99. The first-order chi connectivity index (χ1) is 13.6. The standard InChI is InChI=1S/C23H20ClN3O/c1-16-8-10-18(21-15-27-12-3-2-7-22(27)25-21)14-20(16)26-23(28)11-9-17-5-4-6-19(24)13-17/h2-8,10,12-15H,9,11H2,1H3,(H,26,28). The molecule has 0 radical (unpaired) electrons. The first-order valence-corrected chi connectivity index (χ1v) is 9.55. The molecular weight excluding hydrogens is 370 g/mol. The minimum atomic E-state index is -0.0183. The largest absolute Gasteiger partial charge is 0.326 e. The number of carbonyl (C=O) groups is 1. The summed E-state index contributed by atoms with van der Waals surface area (Å²) >= 11 is 6.01. The summed E-state index contributed by atoms with van der Waals surface area (Å²) in [6.07, 6.45) is 5.01. The van der Waals surface area contributed by atoms with Crippen molar-refractivity contribution >= 4 is 28.8 Å². The Kier molecular flexibility index (Phi) is 5.13. The van der Waals surface area contributed by atoms with Crippen molar-refractivity contribution in [1.29, 1.82) is 0 Å². The summed E-state index contributed by atoms with van der Waals surface area (Å²) in [5, 5.41) is 3.72. The highest BCUT2D eigenvalue weighted by Gasteiger charge is 2.10. The summed E-state index contributed by atoms with van der Waals surface area (Å²) in [5.41, 5.74) is 5.62. The Morgan fingerprint density at radius 2 is 2.00 bits per heavy atom. The quantitative estimate of drug-likeness (QED) is 0.487. The Bertz CT molecular complexity index is 1120. The molecule has 0 aliphatic heterocycles. The van der Waals surface area contributed by atoms with Crippen molar-refractivity contribution in [1.82, 2.24) is 9.38 Å². The minimum Gasteiger partial charge on any atom is -0.326 e. The van der Waals surface area contributed by atoms with Crippen molar-refractivity contribution in [3.05, 3.63) is 89.2 Å². The number of imidazole rings is 1. The maximum atomic E-state index is 12.4. The molecule has 0 aliphatic carbocycles. The van der Waals surface area contributed by atoms with E-state index in [1.165, 1.54) is 0 Å². The summed E-state index contributed by atoms with van der Waals surface area (Å²) < 4.78 is 1.98. The van der Waals surface area contributed by atoms with Crippen LogP contribution in [0.25, 0.3) is 16.9 Å². The van der Waals surface area contributed by atoms with Crippen molar-refractivity contribution in [2.75, 3.05) is 5.32 Å². The minimum absolute atomic E-state index is 0.0183. The van der Waals surface area contributed by atoms with Gasteiger partial charge in [0.25, 0.3) is 0 Å². The Labute approximate surface area is 168 Å². The van der Waals surface area contributed by atoms with Gasteiger partial charge in [-0.15, -0.1) is 0 Å². The molecule has 0 saturated heterocycles. The third kappa shape index (κ3) is 4.07. The average molecular weight is 390 g/mol. The van der Waals surface area contributed by atoms with Crippen LogP contribution in [0.2, 0.25) is 5.02 Å². The number of benzene rings is 2. The zero-order valence-electron chi connectivity index (χ0n) is 15.5. The van der Waals surface area contributed by atoms with Gasteiger partial charge in [-0.25, -0.2) is 4.98 Å². The summed E-state index contributed by atoms with van der Waals surface area (Å²) in [7, 11) is 0. The van der Waals surface area contributed by atoms with E-state index < -0.39 is 0 Å². The molecular formula is C23H20ClN3O. The van der Waals surface area contributed by atoms with Gasteiger partial charge in [0.2, 0.25) is 5.91 Å². The first kappa shape index (κ1) is 18.3. The number of halogens is 1. The molecule has 0 bridgehead atoms. The number of anilines is 1. The molecule has 0 atom stereocenters. The molecule has 4 rings (SSSR count). The Balaban J connectivity index is 1.49. The van der Waals surface area contributed by atoms with E-state index in [1.807, 2.05) is 84.4 Å². The van der Waals surface area contributed by atoms with E-state index in [1.54, 1.807) is 0 Å². The van der Waals surface area contributed by atoms with Crippen molar-refractivity contribution in [3.63, 3.8) is 0 Å². The van der Waals surface area contributed by atoms with E-state index in [0.717, 1.165) is 33.7 Å². The molecule has 0 fully saturated rings. The zero-order chi connectivity index (χ0) is 19.5. The van der Waals surface area contributed by atoms with Crippen LogP contribution in [0, 0.1) is 6.92 Å². The molecule has 2 aromatic heterocycles. The van der Waals surface area contributed by atoms with Gasteiger partial charge in [0, 0.05) is 35.1 Å². The molecule has 0 saturated carbocycles. The van der Waals surface area contributed by atoms with Crippen LogP contribution < -0.4 is 5.32 Å². The number of aromatic nitrogens is 2. The molecule has 0 unspecified atom stereocenters. The van der Waals surface area contributed by atoms with Crippen LogP contribution in [0.3, 0.4) is 0 Å². The van der Waals surface area contributed by atoms with Gasteiger partial charge in [-0.3, -0.25) is 4.79 Å². The predicted molar refractivity (Wildman–Crippen MR) is 114 cm³/mol. The molecule has 4 aromatic rings. The number of amides is 1. The van der Waals surface area contributed by atoms with Gasteiger partial charge in [0.05, 0.1) is 5.69 Å². The van der Waals surface area contributed by atoms with Gasteiger partial charge in [-0.05, 0) is 54.8 Å². The molecule has 140 valence electrons. The Morgan fingerprint density at radius 1 is 1.11 bits per heavy atom. The average Bonchev–Trinajstić information content (AvgIpc) is 3.12. The van der Waals surface area contributed by atoms with Crippen molar-refractivity contribution in [2.45, 2.75) is 19.8 Å². The van der Waals surface area contributed by atoms with Crippen LogP contribution in [0.5, 0.6) is 0 Å². The number of hydrogen-bond donors (Lipinski definition) is 1. The SMILES string of the molecule is Cc1ccc(-c2cn3ccccc3n2)cc1NC(=O)CCc1cccc(Cl)c1. The lowest BCUT2D eigenvalue weighted by molar-refractivity contribution is -0.116. The van der Waals surface area contributed by atoms with Crippen molar-refractivity contribution in [2.24, 2.45) is 0 Å². The first-order valence-electron chi connectivity index (χ1n) is 9.17. The van der Waals surface area contributed by atoms with E-state index in [-0.39, 0.29) is 5.91 Å². The van der Waals surface area contributed by atoms with Gasteiger partial charge in [-0.1, -0.05) is 41.9 Å². The van der Waals surface area contributed by atoms with Gasteiger partial charge in [-0.2, -0.15) is 0 Å². The highest BCUT2D eigenvalue weighted by molar-refractivity contribution is 6.30. The second-order valence-corrected chi connectivity index (χ2v) is 7.24. The van der Waals surface area contributed by atoms with Gasteiger partial charge >= 0.3 is 0 Å². The lowest BCUT2D eigenvalue weighted by atomic mass is 10.1. The number of nitrogens with zero attached hydrogens (tertiary/aromatic N) is 2. The highest BCUT2D eigenvalue weighted by atomic mass is 35.5. The van der Waals surface area contributed by atoms with Crippen LogP contribution in [-0.2, 0) is 11.2 Å². The number of pyridine rings is 1. The summed E-state index contributed by atoms with van der Waals surface area (Å²) in [5.74, 6) is -0.0183. The lowest BCUT2D eigenvalue weighted by Crippen LogP contribution is -2.13. The van der Waals surface area contributed by atoms with Crippen LogP contribution >= 0.6 is 11.6 Å². The summed E-state index contributed by atoms with van der Waals surface area (Å²) in [4.78, 5) is 17.1.